The normalized spacial score (nSPS) is 12.3. The third kappa shape index (κ3) is 5.17. The molecular weight excluding hydrogens is 290 g/mol. The summed E-state index contributed by atoms with van der Waals surface area (Å²) in [5, 5.41) is 7.07. The minimum atomic E-state index is 0.0746. The van der Waals surface area contributed by atoms with Crippen LogP contribution in [0.25, 0.3) is 0 Å². The van der Waals surface area contributed by atoms with E-state index in [2.05, 4.69) is 39.4 Å². The summed E-state index contributed by atoms with van der Waals surface area (Å²) in [6.45, 7) is 3.42. The number of likely N-dealkylation sites (N-methyl/N-ethyl adjacent to an activating group) is 1. The van der Waals surface area contributed by atoms with E-state index in [1.165, 1.54) is 17.5 Å². The summed E-state index contributed by atoms with van der Waals surface area (Å²) >= 11 is 0. The van der Waals surface area contributed by atoms with Crippen molar-refractivity contribution in [2.75, 3.05) is 20.6 Å². The number of aromatic nitrogens is 3. The van der Waals surface area contributed by atoms with Gasteiger partial charge in [0.05, 0.1) is 6.04 Å². The Morgan fingerprint density at radius 3 is 2.78 bits per heavy atom. The summed E-state index contributed by atoms with van der Waals surface area (Å²) in [5.74, 6) is 0.0746. The van der Waals surface area contributed by atoms with Crippen molar-refractivity contribution in [3.8, 4) is 0 Å². The lowest BCUT2D eigenvalue weighted by Crippen LogP contribution is -2.34. The number of hydrogen-bond donors (Lipinski definition) is 1. The Bertz CT molecular complexity index is 609. The first-order valence-electron chi connectivity index (χ1n) is 7.89. The summed E-state index contributed by atoms with van der Waals surface area (Å²) < 4.78 is 1.74. The zero-order valence-electron chi connectivity index (χ0n) is 14.1. The molecule has 0 fully saturated rings. The molecule has 0 spiro atoms. The number of rotatable bonds is 8. The highest BCUT2D eigenvalue weighted by Crippen LogP contribution is 2.20. The summed E-state index contributed by atoms with van der Waals surface area (Å²) in [6.07, 6.45) is 4.42. The Balaban J connectivity index is 1.82. The Labute approximate surface area is 137 Å². The predicted molar refractivity (Wildman–Crippen MR) is 89.9 cm³/mol. The van der Waals surface area contributed by atoms with E-state index in [0.717, 1.165) is 6.42 Å². The van der Waals surface area contributed by atoms with Crippen LogP contribution in [-0.4, -0.2) is 46.2 Å². The number of hydrogen-bond acceptors (Lipinski definition) is 4. The van der Waals surface area contributed by atoms with Crippen molar-refractivity contribution in [1.82, 2.24) is 25.0 Å². The van der Waals surface area contributed by atoms with Gasteiger partial charge in [-0.3, -0.25) is 9.48 Å². The monoisotopic (exact) mass is 315 g/mol. The predicted octanol–water partition coefficient (Wildman–Crippen LogP) is 1.79. The number of carbonyl (C=O) groups excluding carboxylic acids is 1. The van der Waals surface area contributed by atoms with Crippen LogP contribution in [0, 0.1) is 6.92 Å². The van der Waals surface area contributed by atoms with E-state index in [0.29, 0.717) is 19.5 Å². The molecule has 6 nitrogen and oxygen atoms in total. The van der Waals surface area contributed by atoms with Gasteiger partial charge in [0.1, 0.15) is 12.7 Å². The molecule has 0 aliphatic heterocycles. The van der Waals surface area contributed by atoms with Crippen LogP contribution in [0.4, 0.5) is 0 Å². The van der Waals surface area contributed by atoms with Crippen LogP contribution in [-0.2, 0) is 11.3 Å². The molecule has 1 amide bonds. The largest absolute Gasteiger partial charge is 0.354 e. The topological polar surface area (TPSA) is 63.1 Å². The molecule has 6 heteroatoms. The average Bonchev–Trinajstić information content (AvgIpc) is 3.02. The number of amides is 1. The van der Waals surface area contributed by atoms with Gasteiger partial charge in [-0.05, 0) is 38.6 Å². The van der Waals surface area contributed by atoms with Gasteiger partial charge in [-0.1, -0.05) is 24.3 Å². The lowest BCUT2D eigenvalue weighted by atomic mass is 10.0. The van der Waals surface area contributed by atoms with E-state index >= 15 is 0 Å². The first kappa shape index (κ1) is 17.1. The molecule has 1 heterocycles. The van der Waals surface area contributed by atoms with Gasteiger partial charge in [-0.2, -0.15) is 5.10 Å². The van der Waals surface area contributed by atoms with Crippen LogP contribution in [0.3, 0.4) is 0 Å². The van der Waals surface area contributed by atoms with Gasteiger partial charge in [0.15, 0.2) is 0 Å². The summed E-state index contributed by atoms with van der Waals surface area (Å²) in [7, 11) is 4.07. The van der Waals surface area contributed by atoms with Crippen molar-refractivity contribution in [1.29, 1.82) is 0 Å². The molecule has 0 aliphatic rings. The molecular formula is C17H25N5O. The Morgan fingerprint density at radius 2 is 2.13 bits per heavy atom. The second kappa shape index (κ2) is 8.43. The van der Waals surface area contributed by atoms with Crippen molar-refractivity contribution >= 4 is 5.91 Å². The van der Waals surface area contributed by atoms with E-state index in [1.54, 1.807) is 11.0 Å². The van der Waals surface area contributed by atoms with Gasteiger partial charge in [-0.25, -0.2) is 4.98 Å². The molecule has 1 aromatic carbocycles. The van der Waals surface area contributed by atoms with E-state index in [1.807, 2.05) is 26.2 Å². The lowest BCUT2D eigenvalue weighted by molar-refractivity contribution is -0.121. The third-order valence-corrected chi connectivity index (χ3v) is 3.92. The zero-order valence-corrected chi connectivity index (χ0v) is 14.1. The number of aryl methyl sites for hydroxylation is 2. The molecule has 1 atom stereocenters. The van der Waals surface area contributed by atoms with Gasteiger partial charge in [-0.15, -0.1) is 0 Å². The minimum Gasteiger partial charge on any atom is -0.354 e. The Hall–Kier alpha value is -2.21. The van der Waals surface area contributed by atoms with Crippen molar-refractivity contribution in [3.05, 3.63) is 48.0 Å². The van der Waals surface area contributed by atoms with Crippen molar-refractivity contribution in [2.24, 2.45) is 0 Å². The number of nitrogens with one attached hydrogen (secondary N) is 1. The van der Waals surface area contributed by atoms with Crippen molar-refractivity contribution < 1.29 is 4.79 Å². The zero-order chi connectivity index (χ0) is 16.7. The van der Waals surface area contributed by atoms with Gasteiger partial charge >= 0.3 is 0 Å². The van der Waals surface area contributed by atoms with Crippen LogP contribution < -0.4 is 5.32 Å². The molecule has 0 radical (unpaired) electrons. The van der Waals surface area contributed by atoms with Crippen LogP contribution in [0.2, 0.25) is 0 Å². The molecule has 1 N–H and O–H groups in total. The fourth-order valence-electron chi connectivity index (χ4n) is 2.58. The maximum absolute atomic E-state index is 12.0. The quantitative estimate of drug-likeness (QED) is 0.806. The van der Waals surface area contributed by atoms with Crippen LogP contribution >= 0.6 is 0 Å². The lowest BCUT2D eigenvalue weighted by Gasteiger charge is -2.26. The van der Waals surface area contributed by atoms with Gasteiger partial charge in [0.2, 0.25) is 5.91 Å². The van der Waals surface area contributed by atoms with E-state index in [4.69, 9.17) is 0 Å². The maximum atomic E-state index is 12.0. The molecule has 124 valence electrons. The highest BCUT2D eigenvalue weighted by atomic mass is 16.1. The first-order valence-corrected chi connectivity index (χ1v) is 7.89. The van der Waals surface area contributed by atoms with Gasteiger partial charge in [0, 0.05) is 19.5 Å². The molecule has 2 rings (SSSR count). The summed E-state index contributed by atoms with van der Waals surface area (Å²) in [4.78, 5) is 18.1. The van der Waals surface area contributed by atoms with E-state index < -0.39 is 0 Å². The van der Waals surface area contributed by atoms with Gasteiger partial charge in [0.25, 0.3) is 0 Å². The molecule has 0 saturated carbocycles. The second-order valence-electron chi connectivity index (χ2n) is 5.90. The standard InChI is InChI=1S/C17H25N5O/c1-14-7-4-5-8-15(14)16(21(2)3)11-19-17(23)9-6-10-22-13-18-12-20-22/h4-5,7-8,12-13,16H,6,9-11H2,1-3H3,(H,19,23). The Kier molecular flexibility index (Phi) is 6.29. The van der Waals surface area contributed by atoms with Crippen LogP contribution in [0.1, 0.15) is 30.0 Å². The number of nitrogens with zero attached hydrogens (tertiary/aromatic N) is 4. The molecule has 2 aromatic rings. The fourth-order valence-corrected chi connectivity index (χ4v) is 2.58. The first-order chi connectivity index (χ1) is 11.1. The van der Waals surface area contributed by atoms with Crippen molar-refractivity contribution in [2.45, 2.75) is 32.4 Å². The second-order valence-corrected chi connectivity index (χ2v) is 5.90. The van der Waals surface area contributed by atoms with E-state index in [-0.39, 0.29) is 11.9 Å². The molecule has 0 bridgehead atoms. The maximum Gasteiger partial charge on any atom is 0.220 e. The van der Waals surface area contributed by atoms with E-state index in [9.17, 15) is 4.79 Å². The molecule has 1 aromatic heterocycles. The van der Waals surface area contributed by atoms with Crippen LogP contribution in [0.15, 0.2) is 36.9 Å². The smallest absolute Gasteiger partial charge is 0.220 e. The molecule has 23 heavy (non-hydrogen) atoms. The highest BCUT2D eigenvalue weighted by Gasteiger charge is 2.16. The minimum absolute atomic E-state index is 0.0746. The number of benzene rings is 1. The van der Waals surface area contributed by atoms with Crippen molar-refractivity contribution in [3.63, 3.8) is 0 Å². The molecule has 1 unspecified atom stereocenters. The highest BCUT2D eigenvalue weighted by molar-refractivity contribution is 5.75. The average molecular weight is 315 g/mol. The fraction of sp³-hybridized carbons (Fsp3) is 0.471. The number of carbonyl (C=O) groups is 1. The van der Waals surface area contributed by atoms with Gasteiger partial charge < -0.3 is 10.2 Å². The Morgan fingerprint density at radius 1 is 1.35 bits per heavy atom. The SMILES string of the molecule is Cc1ccccc1C(CNC(=O)CCCn1cncn1)N(C)C. The summed E-state index contributed by atoms with van der Waals surface area (Å²) in [6, 6.07) is 8.48. The molecule has 0 aliphatic carbocycles. The third-order valence-electron chi connectivity index (χ3n) is 3.92. The van der Waals surface area contributed by atoms with Crippen LogP contribution in [0.5, 0.6) is 0 Å². The molecule has 0 saturated heterocycles. The summed E-state index contributed by atoms with van der Waals surface area (Å²) in [5.41, 5.74) is 2.49.